The highest BCUT2D eigenvalue weighted by molar-refractivity contribution is 9.11. The molecule has 9 heteroatoms. The number of sulfonamides is 1. The average Bonchev–Trinajstić information content (AvgIpc) is 2.23. The van der Waals surface area contributed by atoms with Crippen molar-refractivity contribution in [3.8, 4) is 0 Å². The highest BCUT2D eigenvalue weighted by Gasteiger charge is 2.22. The van der Waals surface area contributed by atoms with E-state index in [0.717, 1.165) is 0 Å². The second kappa shape index (κ2) is 6.66. The van der Waals surface area contributed by atoms with Gasteiger partial charge in [-0.25, -0.2) is 13.1 Å². The molecule has 2 atom stereocenters. The Balaban J connectivity index is 3.05. The first kappa shape index (κ1) is 17.1. The Morgan fingerprint density at radius 2 is 2.00 bits per heavy atom. The Hall–Kier alpha value is 0.0400. The molecule has 0 spiro atoms. The van der Waals surface area contributed by atoms with Gasteiger partial charge in [-0.3, -0.25) is 4.21 Å². The number of hydrogen-bond donors (Lipinski definition) is 2. The Morgan fingerprint density at radius 3 is 2.47 bits per heavy atom. The molecule has 0 fully saturated rings. The SMILES string of the molecule is CC(CNS(=O)(=O)c1c(N)cc(Br)cc1Br)S(C)=O. The summed E-state index contributed by atoms with van der Waals surface area (Å²) in [6.07, 6.45) is 1.53. The summed E-state index contributed by atoms with van der Waals surface area (Å²) < 4.78 is 39.0. The van der Waals surface area contributed by atoms with E-state index in [2.05, 4.69) is 36.6 Å². The second-order valence-corrected chi connectivity index (χ2v) is 9.24. The zero-order valence-corrected chi connectivity index (χ0v) is 15.1. The Morgan fingerprint density at radius 1 is 1.42 bits per heavy atom. The maximum absolute atomic E-state index is 12.2. The lowest BCUT2D eigenvalue weighted by Gasteiger charge is -2.13. The van der Waals surface area contributed by atoms with Gasteiger partial charge in [-0.1, -0.05) is 15.9 Å². The lowest BCUT2D eigenvalue weighted by Crippen LogP contribution is -2.33. The van der Waals surface area contributed by atoms with Crippen LogP contribution in [0.15, 0.2) is 26.0 Å². The predicted molar refractivity (Wildman–Crippen MR) is 85.0 cm³/mol. The Bertz CT molecular complexity index is 582. The van der Waals surface area contributed by atoms with Crippen LogP contribution in [-0.2, 0) is 20.8 Å². The van der Waals surface area contributed by atoms with E-state index in [0.29, 0.717) is 8.95 Å². The summed E-state index contributed by atoms with van der Waals surface area (Å²) in [4.78, 5) is -0.00946. The topological polar surface area (TPSA) is 89.3 Å². The number of hydrogen-bond acceptors (Lipinski definition) is 4. The van der Waals surface area contributed by atoms with E-state index in [1.54, 1.807) is 13.0 Å². The molecule has 5 nitrogen and oxygen atoms in total. The number of nitrogens with one attached hydrogen (secondary N) is 1. The fraction of sp³-hybridized carbons (Fsp3) is 0.400. The minimum atomic E-state index is -3.74. The molecule has 0 amide bonds. The Kier molecular flexibility index (Phi) is 5.99. The van der Waals surface area contributed by atoms with Crippen LogP contribution in [0.5, 0.6) is 0 Å². The normalized spacial score (nSPS) is 15.2. The molecule has 0 heterocycles. The summed E-state index contributed by atoms with van der Waals surface area (Å²) in [6.45, 7) is 1.80. The van der Waals surface area contributed by atoms with Crippen molar-refractivity contribution >= 4 is 58.4 Å². The molecule has 0 aromatic heterocycles. The first-order valence-corrected chi connectivity index (χ1v) is 9.90. The second-order valence-electron chi connectivity index (χ2n) is 3.97. The van der Waals surface area contributed by atoms with E-state index < -0.39 is 20.8 Å². The summed E-state index contributed by atoms with van der Waals surface area (Å²) in [7, 11) is -4.84. The van der Waals surface area contributed by atoms with E-state index in [1.807, 2.05) is 0 Å². The zero-order valence-electron chi connectivity index (χ0n) is 10.3. The molecule has 2 unspecified atom stereocenters. The smallest absolute Gasteiger partial charge is 0.243 e. The van der Waals surface area contributed by atoms with Gasteiger partial charge in [-0.2, -0.15) is 0 Å². The highest BCUT2D eigenvalue weighted by Crippen LogP contribution is 2.31. The fourth-order valence-electron chi connectivity index (χ4n) is 1.28. The van der Waals surface area contributed by atoms with Gasteiger partial charge >= 0.3 is 0 Å². The number of rotatable bonds is 5. The van der Waals surface area contributed by atoms with Crippen molar-refractivity contribution < 1.29 is 12.6 Å². The molecule has 0 aliphatic carbocycles. The summed E-state index contributed by atoms with van der Waals surface area (Å²) in [6, 6.07) is 3.12. The van der Waals surface area contributed by atoms with E-state index in [1.165, 1.54) is 12.3 Å². The number of anilines is 1. The molecule has 1 aromatic carbocycles. The lowest BCUT2D eigenvalue weighted by molar-refractivity contribution is 0.580. The minimum absolute atomic E-state index is 0.00946. The molecule has 0 radical (unpaired) electrons. The van der Waals surface area contributed by atoms with Gasteiger partial charge in [-0.05, 0) is 35.0 Å². The quantitative estimate of drug-likeness (QED) is 0.693. The van der Waals surface area contributed by atoms with Gasteiger partial charge in [0, 0.05) is 37.8 Å². The first-order valence-electron chi connectivity index (χ1n) is 5.21. The standard InChI is InChI=1S/C10H14Br2N2O3S2/c1-6(18(2)15)5-14-19(16,17)10-8(12)3-7(11)4-9(10)13/h3-4,6,14H,5,13H2,1-2H3. The van der Waals surface area contributed by atoms with Crippen molar-refractivity contribution in [1.82, 2.24) is 4.72 Å². The van der Waals surface area contributed by atoms with E-state index in [9.17, 15) is 12.6 Å². The first-order chi connectivity index (χ1) is 8.65. The highest BCUT2D eigenvalue weighted by atomic mass is 79.9. The molecule has 0 bridgehead atoms. The molecule has 0 aliphatic rings. The van der Waals surface area contributed by atoms with Crippen molar-refractivity contribution in [1.29, 1.82) is 0 Å². The molecule has 0 aliphatic heterocycles. The third-order valence-corrected chi connectivity index (χ3v) is 6.62. The van der Waals surface area contributed by atoms with E-state index in [4.69, 9.17) is 5.73 Å². The number of nitrogen functional groups attached to an aromatic ring is 1. The van der Waals surface area contributed by atoms with Crippen LogP contribution in [0.2, 0.25) is 0 Å². The molecule has 108 valence electrons. The van der Waals surface area contributed by atoms with Gasteiger partial charge in [0.05, 0.1) is 5.69 Å². The van der Waals surface area contributed by atoms with Crippen LogP contribution < -0.4 is 10.5 Å². The monoisotopic (exact) mass is 432 g/mol. The van der Waals surface area contributed by atoms with Crippen LogP contribution in [0.1, 0.15) is 6.92 Å². The lowest BCUT2D eigenvalue weighted by atomic mass is 10.3. The molecular formula is C10H14Br2N2O3S2. The van der Waals surface area contributed by atoms with Crippen molar-refractivity contribution in [3.63, 3.8) is 0 Å². The van der Waals surface area contributed by atoms with Crippen molar-refractivity contribution in [2.75, 3.05) is 18.5 Å². The molecule has 3 N–H and O–H groups in total. The Labute approximate surface area is 132 Å². The summed E-state index contributed by atoms with van der Waals surface area (Å²) in [5.41, 5.74) is 5.87. The number of benzene rings is 1. The summed E-state index contributed by atoms with van der Waals surface area (Å²) >= 11 is 6.41. The number of halogens is 2. The third kappa shape index (κ3) is 4.52. The minimum Gasteiger partial charge on any atom is -0.398 e. The van der Waals surface area contributed by atoms with Gasteiger partial charge < -0.3 is 5.73 Å². The third-order valence-electron chi connectivity index (χ3n) is 2.43. The van der Waals surface area contributed by atoms with Gasteiger partial charge in [0.2, 0.25) is 10.0 Å². The van der Waals surface area contributed by atoms with Gasteiger partial charge in [0.25, 0.3) is 0 Å². The molecular weight excluding hydrogens is 420 g/mol. The predicted octanol–water partition coefficient (Wildman–Crippen LogP) is 1.84. The number of nitrogens with two attached hydrogens (primary N) is 1. The zero-order chi connectivity index (χ0) is 14.8. The van der Waals surface area contributed by atoms with Crippen molar-refractivity contribution in [3.05, 3.63) is 21.1 Å². The molecule has 0 saturated heterocycles. The molecule has 0 saturated carbocycles. The van der Waals surface area contributed by atoms with Crippen LogP contribution in [-0.4, -0.2) is 30.7 Å². The fourth-order valence-corrected chi connectivity index (χ4v) is 4.90. The van der Waals surface area contributed by atoms with Crippen LogP contribution >= 0.6 is 31.9 Å². The average molecular weight is 434 g/mol. The maximum Gasteiger partial charge on any atom is 0.243 e. The van der Waals surface area contributed by atoms with Crippen LogP contribution in [0.4, 0.5) is 5.69 Å². The van der Waals surface area contributed by atoms with E-state index >= 15 is 0 Å². The molecule has 19 heavy (non-hydrogen) atoms. The van der Waals surface area contributed by atoms with Crippen molar-refractivity contribution in [2.45, 2.75) is 17.1 Å². The summed E-state index contributed by atoms with van der Waals surface area (Å²) in [5, 5.41) is -0.273. The van der Waals surface area contributed by atoms with Crippen LogP contribution in [0.25, 0.3) is 0 Å². The molecule has 1 rings (SSSR count). The van der Waals surface area contributed by atoms with Crippen LogP contribution in [0, 0.1) is 0 Å². The maximum atomic E-state index is 12.2. The van der Waals surface area contributed by atoms with Gasteiger partial charge in [0.15, 0.2) is 0 Å². The van der Waals surface area contributed by atoms with Gasteiger partial charge in [-0.15, -0.1) is 0 Å². The molecule has 1 aromatic rings. The van der Waals surface area contributed by atoms with Gasteiger partial charge in [0.1, 0.15) is 4.90 Å². The van der Waals surface area contributed by atoms with E-state index in [-0.39, 0.29) is 22.4 Å². The van der Waals surface area contributed by atoms with Crippen molar-refractivity contribution in [2.24, 2.45) is 0 Å². The summed E-state index contributed by atoms with van der Waals surface area (Å²) in [5.74, 6) is 0. The van der Waals surface area contributed by atoms with Crippen LogP contribution in [0.3, 0.4) is 0 Å². The largest absolute Gasteiger partial charge is 0.398 e.